The summed E-state index contributed by atoms with van der Waals surface area (Å²) in [5.41, 5.74) is 0. The summed E-state index contributed by atoms with van der Waals surface area (Å²) in [5, 5.41) is 3.01. The van der Waals surface area contributed by atoms with Gasteiger partial charge in [0, 0.05) is 12.8 Å². The minimum absolute atomic E-state index is 0.0309. The maximum atomic E-state index is 13.5. The number of unbranched alkanes of at least 4 members (excludes halogenated alkanes) is 30. The Hall–Kier alpha value is -2.29. The van der Waals surface area contributed by atoms with Gasteiger partial charge < -0.3 is 28.5 Å². The Morgan fingerprint density at radius 2 is 0.861 bits per heavy atom. The number of carbonyl (C=O) groups is 2. The van der Waals surface area contributed by atoms with Gasteiger partial charge in [0.05, 0.1) is 33.8 Å². The van der Waals surface area contributed by atoms with Crippen LogP contribution >= 0.6 is 7.82 Å². The zero-order valence-corrected chi connectivity index (χ0v) is 48.8. The maximum Gasteiger partial charge on any atom is 0.306 e. The van der Waals surface area contributed by atoms with Crippen molar-refractivity contribution in [3.63, 3.8) is 0 Å². The van der Waals surface area contributed by atoms with Crippen molar-refractivity contribution in [1.82, 2.24) is 5.32 Å². The van der Waals surface area contributed by atoms with Crippen molar-refractivity contribution in [2.24, 2.45) is 0 Å². The quantitative estimate of drug-likeness (QED) is 0.0212. The number of quaternary nitrogens is 1. The molecule has 0 fully saturated rings. The molecule has 0 saturated heterocycles. The summed E-state index contributed by atoms with van der Waals surface area (Å²) in [6, 6.07) is -0.911. The molecule has 3 atom stereocenters. The third kappa shape index (κ3) is 52.6. The van der Waals surface area contributed by atoms with Crippen molar-refractivity contribution in [2.75, 3.05) is 40.9 Å². The molecule has 0 heterocycles. The van der Waals surface area contributed by atoms with Crippen molar-refractivity contribution < 1.29 is 37.3 Å². The fourth-order valence-corrected chi connectivity index (χ4v) is 9.21. The number of rotatable bonds is 54. The minimum atomic E-state index is -4.71. The predicted octanol–water partition coefficient (Wildman–Crippen LogP) is 17.6. The Morgan fingerprint density at radius 3 is 1.31 bits per heavy atom. The van der Waals surface area contributed by atoms with Gasteiger partial charge in [-0.15, -0.1) is 0 Å². The van der Waals surface area contributed by atoms with Crippen LogP contribution in [0.25, 0.3) is 0 Å². The third-order valence-corrected chi connectivity index (χ3v) is 14.1. The van der Waals surface area contributed by atoms with E-state index in [-0.39, 0.29) is 18.9 Å². The molecule has 72 heavy (non-hydrogen) atoms. The molecule has 1 amide bonds. The van der Waals surface area contributed by atoms with Gasteiger partial charge in [-0.25, -0.2) is 0 Å². The van der Waals surface area contributed by atoms with E-state index in [2.05, 4.69) is 68.6 Å². The first kappa shape index (κ1) is 69.7. The summed E-state index contributed by atoms with van der Waals surface area (Å²) in [7, 11) is 1.16. The lowest BCUT2D eigenvalue weighted by Crippen LogP contribution is -2.47. The summed E-state index contributed by atoms with van der Waals surface area (Å²) < 4.78 is 30.2. The normalized spacial score (nSPS) is 14.2. The van der Waals surface area contributed by atoms with Gasteiger partial charge in [-0.05, 0) is 83.1 Å². The molecular formula is C62H115N2O7P. The topological polar surface area (TPSA) is 114 Å². The number of likely N-dealkylation sites (N-methyl/N-ethyl adjacent to an activating group) is 1. The molecule has 0 saturated carbocycles. The van der Waals surface area contributed by atoms with Crippen molar-refractivity contribution in [1.29, 1.82) is 0 Å². The van der Waals surface area contributed by atoms with E-state index in [9.17, 15) is 19.0 Å². The van der Waals surface area contributed by atoms with Crippen LogP contribution in [-0.4, -0.2) is 69.4 Å². The van der Waals surface area contributed by atoms with Crippen LogP contribution in [0.4, 0.5) is 0 Å². The van der Waals surface area contributed by atoms with Gasteiger partial charge in [0.15, 0.2) is 0 Å². The summed E-state index contributed by atoms with van der Waals surface area (Å²) in [6.07, 6.45) is 64.9. The Kier molecular flexibility index (Phi) is 50.5. The number of carbonyl (C=O) groups excluding carboxylic acids is 2. The smallest absolute Gasteiger partial charge is 0.306 e. The van der Waals surface area contributed by atoms with Gasteiger partial charge in [0.1, 0.15) is 19.3 Å². The summed E-state index contributed by atoms with van der Waals surface area (Å²) in [4.78, 5) is 39.8. The average Bonchev–Trinajstić information content (AvgIpc) is 3.34. The zero-order chi connectivity index (χ0) is 52.9. The molecule has 0 rings (SSSR count). The zero-order valence-electron chi connectivity index (χ0n) is 47.9. The number of esters is 1. The molecule has 420 valence electrons. The first-order valence-corrected chi connectivity index (χ1v) is 31.6. The highest BCUT2D eigenvalue weighted by Gasteiger charge is 2.27. The van der Waals surface area contributed by atoms with Gasteiger partial charge >= 0.3 is 5.97 Å². The lowest BCUT2D eigenvalue weighted by Gasteiger charge is -2.30. The molecule has 0 aliphatic heterocycles. The lowest BCUT2D eigenvalue weighted by molar-refractivity contribution is -0.870. The molecule has 0 radical (unpaired) electrons. The highest BCUT2D eigenvalue weighted by Crippen LogP contribution is 2.38. The predicted molar refractivity (Wildman–Crippen MR) is 307 cm³/mol. The van der Waals surface area contributed by atoms with Crippen LogP contribution in [-0.2, 0) is 27.9 Å². The van der Waals surface area contributed by atoms with Crippen molar-refractivity contribution in [3.8, 4) is 0 Å². The molecule has 0 aromatic carbocycles. The second kappa shape index (κ2) is 52.2. The number of ether oxygens (including phenoxy) is 1. The number of allylic oxidation sites excluding steroid dienone is 9. The molecule has 0 aliphatic rings. The van der Waals surface area contributed by atoms with Crippen LogP contribution in [0.1, 0.15) is 271 Å². The highest BCUT2D eigenvalue weighted by molar-refractivity contribution is 7.45. The number of phosphoric ester groups is 1. The van der Waals surface area contributed by atoms with Crippen LogP contribution in [0.3, 0.4) is 0 Å². The van der Waals surface area contributed by atoms with Crippen LogP contribution in [0, 0.1) is 0 Å². The van der Waals surface area contributed by atoms with E-state index in [1.807, 2.05) is 39.4 Å². The molecule has 0 aliphatic carbocycles. The average molecular weight is 1030 g/mol. The van der Waals surface area contributed by atoms with E-state index in [1.165, 1.54) is 167 Å². The Labute approximate surface area is 445 Å². The van der Waals surface area contributed by atoms with Crippen LogP contribution < -0.4 is 10.2 Å². The van der Waals surface area contributed by atoms with Gasteiger partial charge in [0.25, 0.3) is 7.82 Å². The maximum absolute atomic E-state index is 13.5. The fourth-order valence-electron chi connectivity index (χ4n) is 8.49. The Bertz CT molecular complexity index is 1420. The molecule has 1 N–H and O–H groups in total. The fraction of sp³-hybridized carbons (Fsp3) is 0.806. The second-order valence-electron chi connectivity index (χ2n) is 21.5. The number of hydrogen-bond donors (Lipinski definition) is 1. The van der Waals surface area contributed by atoms with E-state index in [0.29, 0.717) is 23.9 Å². The molecule has 0 bridgehead atoms. The van der Waals surface area contributed by atoms with Crippen LogP contribution in [0.2, 0.25) is 0 Å². The van der Waals surface area contributed by atoms with Crippen LogP contribution in [0.5, 0.6) is 0 Å². The van der Waals surface area contributed by atoms with E-state index >= 15 is 0 Å². The molecule has 3 unspecified atom stereocenters. The van der Waals surface area contributed by atoms with E-state index in [4.69, 9.17) is 13.8 Å². The molecule has 9 nitrogen and oxygen atoms in total. The van der Waals surface area contributed by atoms with Gasteiger partial charge in [-0.2, -0.15) is 0 Å². The van der Waals surface area contributed by atoms with Crippen molar-refractivity contribution >= 4 is 19.7 Å². The molecule has 0 aromatic heterocycles. The van der Waals surface area contributed by atoms with E-state index < -0.39 is 32.5 Å². The number of phosphoric acid groups is 1. The van der Waals surface area contributed by atoms with Gasteiger partial charge in [0.2, 0.25) is 5.91 Å². The van der Waals surface area contributed by atoms with Gasteiger partial charge in [-0.1, -0.05) is 236 Å². The molecule has 10 heteroatoms. The molecular weight excluding hydrogens is 916 g/mol. The molecule has 0 aromatic rings. The Morgan fingerprint density at radius 1 is 0.486 bits per heavy atom. The Balaban J connectivity index is 5.28. The van der Waals surface area contributed by atoms with E-state index in [1.54, 1.807) is 0 Å². The monoisotopic (exact) mass is 1030 g/mol. The second-order valence-corrected chi connectivity index (χ2v) is 22.9. The molecule has 0 spiro atoms. The largest absolute Gasteiger partial charge is 0.756 e. The van der Waals surface area contributed by atoms with Crippen molar-refractivity contribution in [3.05, 3.63) is 60.8 Å². The van der Waals surface area contributed by atoms with Crippen LogP contribution in [0.15, 0.2) is 60.8 Å². The number of nitrogens with one attached hydrogen (secondary N) is 1. The standard InChI is InChI=1S/C62H115N2O7P/c1-7-10-13-16-19-22-25-28-29-30-31-32-33-34-35-37-39-42-45-48-51-54-61(65)63-59(58-70-72(67,68)69-57-56-64(4,5)6)60(53-50-47-44-41-38-27-24-21-18-15-12-9-3)71-62(66)55-52-49-46-43-40-36-26-23-20-17-14-11-8-2/h19,22,28-29,36,40,46,49-50,53,59-60H,7-18,20-21,23-27,30-35,37-39,41-45,47-48,51-52,54-58H2,1-6H3,(H-,63,65,67,68)/b22-19-,29-28-,40-36-,49-46+,53-50-. The highest BCUT2D eigenvalue weighted by atomic mass is 31.2. The summed E-state index contributed by atoms with van der Waals surface area (Å²) in [6.45, 7) is 6.78. The first-order chi connectivity index (χ1) is 34.9. The SMILES string of the molecule is CCCCC/C=C\C/C=C\CCCCCCCCCCCCCC(=O)NC(COP(=O)([O-])OCC[N+](C)(C)C)C(/C=C\CCCCCCCCCCCC)OC(=O)CC/C=C/C/C=C\CCCCCCCC. The number of hydrogen-bond acceptors (Lipinski definition) is 7. The minimum Gasteiger partial charge on any atom is -0.756 e. The van der Waals surface area contributed by atoms with Gasteiger partial charge in [-0.3, -0.25) is 14.2 Å². The lowest BCUT2D eigenvalue weighted by atomic mass is 10.0. The number of nitrogens with zero attached hydrogens (tertiary/aromatic N) is 1. The summed E-state index contributed by atoms with van der Waals surface area (Å²) in [5.74, 6) is -0.618. The number of amides is 1. The van der Waals surface area contributed by atoms with Crippen molar-refractivity contribution in [2.45, 2.75) is 283 Å². The first-order valence-electron chi connectivity index (χ1n) is 30.1. The van der Waals surface area contributed by atoms with E-state index in [0.717, 1.165) is 64.2 Å². The summed E-state index contributed by atoms with van der Waals surface area (Å²) >= 11 is 0. The third-order valence-electron chi connectivity index (χ3n) is 13.2.